The van der Waals surface area contributed by atoms with Crippen LogP contribution in [0.1, 0.15) is 12.8 Å². The number of likely N-dealkylation sites (tertiary alicyclic amines) is 1. The molecule has 0 bridgehead atoms. The predicted octanol–water partition coefficient (Wildman–Crippen LogP) is 5.08. The van der Waals surface area contributed by atoms with Gasteiger partial charge in [-0.2, -0.15) is 0 Å². The number of carbonyl (C=O) groups excluding carboxylic acids is 1. The molecule has 1 aliphatic heterocycles. The minimum atomic E-state index is -0.278. The zero-order chi connectivity index (χ0) is 16.8. The molecule has 1 amide bonds. The van der Waals surface area contributed by atoms with Crippen LogP contribution in [-0.4, -0.2) is 29.4 Å². The van der Waals surface area contributed by atoms with Crippen LogP contribution in [0.5, 0.6) is 17.2 Å². The average Bonchev–Trinajstić information content (AvgIpc) is 2.64. The van der Waals surface area contributed by atoms with E-state index in [2.05, 4.69) is 15.9 Å². The molecule has 126 valence electrons. The normalized spacial score (nSPS) is 15.1. The summed E-state index contributed by atoms with van der Waals surface area (Å²) in [6.45, 7) is 1.51. The zero-order valence-electron chi connectivity index (χ0n) is 13.4. The number of piperidine rings is 1. The van der Waals surface area contributed by atoms with Gasteiger partial charge in [-0.15, -0.1) is 0 Å². The van der Waals surface area contributed by atoms with Gasteiger partial charge in [-0.25, -0.2) is 4.79 Å². The smallest absolute Gasteiger partial charge is 0.415 e. The summed E-state index contributed by atoms with van der Waals surface area (Å²) >= 11 is 3.51. The van der Waals surface area contributed by atoms with Crippen molar-refractivity contribution in [1.82, 2.24) is 4.90 Å². The van der Waals surface area contributed by atoms with E-state index in [0.29, 0.717) is 17.4 Å². The van der Waals surface area contributed by atoms with Crippen molar-refractivity contribution in [2.75, 3.05) is 18.4 Å². The fraction of sp³-hybridized carbons (Fsp3) is 0.316. The van der Waals surface area contributed by atoms with Crippen molar-refractivity contribution in [3.05, 3.63) is 54.6 Å². The van der Waals surface area contributed by atoms with E-state index in [-0.39, 0.29) is 6.09 Å². The second kappa shape index (κ2) is 8.20. The Bertz CT molecular complexity index is 652. The largest absolute Gasteiger partial charge is 0.457 e. The molecule has 1 fully saturated rings. The van der Waals surface area contributed by atoms with Gasteiger partial charge in [-0.05, 0) is 55.2 Å². The van der Waals surface area contributed by atoms with E-state index in [1.54, 1.807) is 29.2 Å². The molecular weight excluding hydrogens is 370 g/mol. The van der Waals surface area contributed by atoms with Crippen molar-refractivity contribution in [2.24, 2.45) is 5.92 Å². The highest BCUT2D eigenvalue weighted by Gasteiger charge is 2.23. The number of hydrogen-bond acceptors (Lipinski definition) is 3. The summed E-state index contributed by atoms with van der Waals surface area (Å²) in [6.07, 6.45) is 1.76. The third-order valence-corrected chi connectivity index (χ3v) is 5.01. The van der Waals surface area contributed by atoms with Crippen LogP contribution < -0.4 is 9.47 Å². The molecule has 1 saturated heterocycles. The number of hydrogen-bond donors (Lipinski definition) is 0. The highest BCUT2D eigenvalue weighted by atomic mass is 79.9. The molecule has 0 aromatic heterocycles. The average molecular weight is 390 g/mol. The first-order chi connectivity index (χ1) is 11.7. The van der Waals surface area contributed by atoms with Crippen molar-refractivity contribution >= 4 is 22.0 Å². The summed E-state index contributed by atoms with van der Waals surface area (Å²) in [5.74, 6) is 2.67. The minimum Gasteiger partial charge on any atom is -0.457 e. The first-order valence-electron chi connectivity index (χ1n) is 8.10. The van der Waals surface area contributed by atoms with E-state index in [9.17, 15) is 4.79 Å². The van der Waals surface area contributed by atoms with E-state index >= 15 is 0 Å². The van der Waals surface area contributed by atoms with Gasteiger partial charge in [0, 0.05) is 18.4 Å². The number of nitrogens with zero attached hydrogens (tertiary/aromatic N) is 1. The lowest BCUT2D eigenvalue weighted by atomic mass is 10.00. The first-order valence-corrected chi connectivity index (χ1v) is 9.22. The number of halogens is 1. The maximum Gasteiger partial charge on any atom is 0.415 e. The van der Waals surface area contributed by atoms with Gasteiger partial charge >= 0.3 is 6.09 Å². The Labute approximate surface area is 150 Å². The third-order valence-electron chi connectivity index (χ3n) is 4.10. The molecule has 24 heavy (non-hydrogen) atoms. The van der Waals surface area contributed by atoms with Crippen LogP contribution in [0.4, 0.5) is 4.79 Å². The van der Waals surface area contributed by atoms with Crippen LogP contribution in [0.2, 0.25) is 0 Å². The highest BCUT2D eigenvalue weighted by molar-refractivity contribution is 9.09. The van der Waals surface area contributed by atoms with Gasteiger partial charge in [0.25, 0.3) is 0 Å². The Morgan fingerprint density at radius 2 is 1.54 bits per heavy atom. The fourth-order valence-corrected chi connectivity index (χ4v) is 3.28. The van der Waals surface area contributed by atoms with E-state index in [0.717, 1.165) is 37.0 Å². The Morgan fingerprint density at radius 1 is 0.958 bits per heavy atom. The number of ether oxygens (including phenoxy) is 2. The Morgan fingerprint density at radius 3 is 2.17 bits per heavy atom. The number of benzene rings is 2. The molecule has 2 aromatic carbocycles. The standard InChI is InChI=1S/C19H20BrNO3/c20-14-15-10-12-21(13-11-15)19(22)24-18-8-6-17(7-9-18)23-16-4-2-1-3-5-16/h1-9,15H,10-14H2. The second-order valence-corrected chi connectivity index (χ2v) is 6.49. The Balaban J connectivity index is 1.53. The van der Waals surface area contributed by atoms with Gasteiger partial charge in [0.2, 0.25) is 0 Å². The second-order valence-electron chi connectivity index (χ2n) is 5.84. The third kappa shape index (κ3) is 4.51. The predicted molar refractivity (Wildman–Crippen MR) is 97.1 cm³/mol. The van der Waals surface area contributed by atoms with Gasteiger partial charge in [0.05, 0.1) is 0 Å². The van der Waals surface area contributed by atoms with Gasteiger partial charge in [-0.3, -0.25) is 0 Å². The molecule has 5 heteroatoms. The topological polar surface area (TPSA) is 38.8 Å². The molecule has 0 N–H and O–H groups in total. The SMILES string of the molecule is O=C(Oc1ccc(Oc2ccccc2)cc1)N1CCC(CBr)CC1. The molecule has 2 aromatic rings. The highest BCUT2D eigenvalue weighted by Crippen LogP contribution is 2.24. The van der Waals surface area contributed by atoms with Crippen molar-refractivity contribution in [3.8, 4) is 17.2 Å². The maximum absolute atomic E-state index is 12.2. The molecule has 0 unspecified atom stereocenters. The minimum absolute atomic E-state index is 0.278. The number of amides is 1. The summed E-state index contributed by atoms with van der Waals surface area (Å²) < 4.78 is 11.2. The van der Waals surface area contributed by atoms with Crippen molar-refractivity contribution in [1.29, 1.82) is 0 Å². The number of rotatable bonds is 4. The maximum atomic E-state index is 12.2. The van der Waals surface area contributed by atoms with E-state index < -0.39 is 0 Å². The Hall–Kier alpha value is -2.01. The number of para-hydroxylation sites is 1. The molecule has 4 nitrogen and oxygen atoms in total. The van der Waals surface area contributed by atoms with Gasteiger partial charge in [0.1, 0.15) is 17.2 Å². The zero-order valence-corrected chi connectivity index (χ0v) is 14.9. The van der Waals surface area contributed by atoms with Crippen LogP contribution in [-0.2, 0) is 0 Å². The van der Waals surface area contributed by atoms with Gasteiger partial charge < -0.3 is 14.4 Å². The molecule has 0 radical (unpaired) electrons. The fourth-order valence-electron chi connectivity index (χ4n) is 2.64. The summed E-state index contributed by atoms with van der Waals surface area (Å²) in [4.78, 5) is 14.0. The molecular formula is C19H20BrNO3. The summed E-state index contributed by atoms with van der Waals surface area (Å²) in [7, 11) is 0. The lowest BCUT2D eigenvalue weighted by molar-refractivity contribution is 0.134. The van der Waals surface area contributed by atoms with E-state index in [4.69, 9.17) is 9.47 Å². The number of alkyl halides is 1. The van der Waals surface area contributed by atoms with Crippen LogP contribution >= 0.6 is 15.9 Å². The van der Waals surface area contributed by atoms with Crippen LogP contribution in [0.25, 0.3) is 0 Å². The summed E-state index contributed by atoms with van der Waals surface area (Å²) in [5, 5.41) is 0.999. The van der Waals surface area contributed by atoms with Crippen molar-refractivity contribution in [3.63, 3.8) is 0 Å². The molecule has 0 spiro atoms. The van der Waals surface area contributed by atoms with Crippen molar-refractivity contribution < 1.29 is 14.3 Å². The number of carbonyl (C=O) groups is 1. The quantitative estimate of drug-likeness (QED) is 0.683. The molecule has 0 atom stereocenters. The van der Waals surface area contributed by atoms with E-state index in [1.165, 1.54) is 0 Å². The molecule has 3 rings (SSSR count). The monoisotopic (exact) mass is 389 g/mol. The van der Waals surface area contributed by atoms with Gasteiger partial charge in [-0.1, -0.05) is 34.1 Å². The summed E-state index contributed by atoms with van der Waals surface area (Å²) in [6, 6.07) is 16.7. The van der Waals surface area contributed by atoms with Crippen LogP contribution in [0.3, 0.4) is 0 Å². The van der Waals surface area contributed by atoms with E-state index in [1.807, 2.05) is 30.3 Å². The molecule has 0 aliphatic carbocycles. The lowest BCUT2D eigenvalue weighted by Gasteiger charge is -2.30. The molecule has 1 heterocycles. The Kier molecular flexibility index (Phi) is 5.75. The van der Waals surface area contributed by atoms with Gasteiger partial charge in [0.15, 0.2) is 0 Å². The van der Waals surface area contributed by atoms with Crippen LogP contribution in [0.15, 0.2) is 54.6 Å². The molecule has 1 aliphatic rings. The lowest BCUT2D eigenvalue weighted by Crippen LogP contribution is -2.40. The summed E-state index contributed by atoms with van der Waals surface area (Å²) in [5.41, 5.74) is 0. The van der Waals surface area contributed by atoms with Crippen molar-refractivity contribution in [2.45, 2.75) is 12.8 Å². The molecule has 0 saturated carbocycles. The van der Waals surface area contributed by atoms with Crippen LogP contribution in [0, 0.1) is 5.92 Å². The first kappa shape index (κ1) is 16.8.